The molecule has 5 nitrogen and oxygen atoms in total. The van der Waals surface area contributed by atoms with Crippen LogP contribution in [0.3, 0.4) is 0 Å². The molecule has 0 unspecified atom stereocenters. The molecule has 6 heteroatoms. The fourth-order valence-corrected chi connectivity index (χ4v) is 4.25. The van der Waals surface area contributed by atoms with E-state index in [1.807, 2.05) is 13.8 Å². The standard InChI is InChI=1S/C16H20N2O3S/c1-3-10-9(2)22-15(13(10)8-17)18-14(19)11-6-4-5-7-12(11)16(20)21/h11-12H,3-7H2,1-2H3,(H,18,19)(H,20,21)/t11-,12+/m0/s1. The molecule has 1 aromatic heterocycles. The molecule has 1 aromatic rings. The van der Waals surface area contributed by atoms with Gasteiger partial charge in [0.2, 0.25) is 5.91 Å². The second-order valence-electron chi connectivity index (χ2n) is 5.63. The van der Waals surface area contributed by atoms with E-state index in [1.165, 1.54) is 11.3 Å². The van der Waals surface area contributed by atoms with Gasteiger partial charge in [0.25, 0.3) is 0 Å². The Hall–Kier alpha value is -1.87. The van der Waals surface area contributed by atoms with Gasteiger partial charge < -0.3 is 10.4 Å². The van der Waals surface area contributed by atoms with Gasteiger partial charge in [-0.15, -0.1) is 11.3 Å². The van der Waals surface area contributed by atoms with Crippen LogP contribution in [-0.4, -0.2) is 17.0 Å². The third kappa shape index (κ3) is 3.14. The number of aryl methyl sites for hydroxylation is 1. The second kappa shape index (κ2) is 6.93. The number of nitrogens with zero attached hydrogens (tertiary/aromatic N) is 1. The highest BCUT2D eigenvalue weighted by Crippen LogP contribution is 2.35. The monoisotopic (exact) mass is 320 g/mol. The summed E-state index contributed by atoms with van der Waals surface area (Å²) in [4.78, 5) is 24.8. The van der Waals surface area contributed by atoms with E-state index in [-0.39, 0.29) is 5.91 Å². The molecular weight excluding hydrogens is 300 g/mol. The normalized spacial score (nSPS) is 21.1. The zero-order valence-corrected chi connectivity index (χ0v) is 13.6. The summed E-state index contributed by atoms with van der Waals surface area (Å²) in [7, 11) is 0. The van der Waals surface area contributed by atoms with Crippen molar-refractivity contribution in [3.8, 4) is 6.07 Å². The van der Waals surface area contributed by atoms with Crippen molar-refractivity contribution in [1.82, 2.24) is 0 Å². The highest BCUT2D eigenvalue weighted by atomic mass is 32.1. The minimum absolute atomic E-state index is 0.271. The Morgan fingerprint density at radius 2 is 2.00 bits per heavy atom. The summed E-state index contributed by atoms with van der Waals surface area (Å²) in [6.07, 6.45) is 3.60. The summed E-state index contributed by atoms with van der Waals surface area (Å²) in [5, 5.41) is 22.0. The number of carboxylic acid groups (broad SMARTS) is 1. The van der Waals surface area contributed by atoms with Gasteiger partial charge in [0.1, 0.15) is 11.1 Å². The van der Waals surface area contributed by atoms with Gasteiger partial charge in [-0.05, 0) is 31.7 Å². The van der Waals surface area contributed by atoms with Crippen molar-refractivity contribution in [3.63, 3.8) is 0 Å². The molecule has 1 amide bonds. The van der Waals surface area contributed by atoms with E-state index >= 15 is 0 Å². The van der Waals surface area contributed by atoms with Crippen LogP contribution >= 0.6 is 11.3 Å². The van der Waals surface area contributed by atoms with Gasteiger partial charge in [0, 0.05) is 4.88 Å². The maximum absolute atomic E-state index is 12.5. The van der Waals surface area contributed by atoms with Crippen molar-refractivity contribution >= 4 is 28.2 Å². The average Bonchev–Trinajstić information content (AvgIpc) is 2.81. The Bertz CT molecular complexity index is 630. The lowest BCUT2D eigenvalue weighted by atomic mass is 9.79. The quantitative estimate of drug-likeness (QED) is 0.890. The zero-order valence-electron chi connectivity index (χ0n) is 12.8. The number of nitriles is 1. The lowest BCUT2D eigenvalue weighted by Gasteiger charge is -2.27. The van der Waals surface area contributed by atoms with Crippen LogP contribution in [0.2, 0.25) is 0 Å². The fourth-order valence-electron chi connectivity index (χ4n) is 3.16. The molecule has 0 aliphatic heterocycles. The van der Waals surface area contributed by atoms with Crippen LogP contribution in [0.1, 0.15) is 48.6 Å². The first kappa shape index (κ1) is 16.5. The van der Waals surface area contributed by atoms with Crippen molar-refractivity contribution in [2.75, 3.05) is 5.32 Å². The lowest BCUT2D eigenvalue weighted by Crippen LogP contribution is -2.36. The molecule has 2 rings (SSSR count). The van der Waals surface area contributed by atoms with Crippen LogP contribution in [0, 0.1) is 30.1 Å². The van der Waals surface area contributed by atoms with Crippen molar-refractivity contribution in [3.05, 3.63) is 16.0 Å². The molecule has 1 aliphatic rings. The Morgan fingerprint density at radius 3 is 2.55 bits per heavy atom. The Balaban J connectivity index is 2.21. The molecule has 2 atom stereocenters. The predicted octanol–water partition coefficient (Wildman–Crippen LogP) is 3.32. The number of hydrogen-bond acceptors (Lipinski definition) is 4. The van der Waals surface area contributed by atoms with E-state index in [1.54, 1.807) is 0 Å². The zero-order chi connectivity index (χ0) is 16.3. The molecule has 22 heavy (non-hydrogen) atoms. The van der Waals surface area contributed by atoms with Crippen LogP contribution in [0.25, 0.3) is 0 Å². The van der Waals surface area contributed by atoms with Crippen LogP contribution < -0.4 is 5.32 Å². The van der Waals surface area contributed by atoms with E-state index in [4.69, 9.17) is 0 Å². The van der Waals surface area contributed by atoms with Crippen molar-refractivity contribution < 1.29 is 14.7 Å². The van der Waals surface area contributed by atoms with Gasteiger partial charge in [-0.3, -0.25) is 9.59 Å². The lowest BCUT2D eigenvalue weighted by molar-refractivity contribution is -0.147. The van der Waals surface area contributed by atoms with Gasteiger partial charge >= 0.3 is 5.97 Å². The molecule has 118 valence electrons. The van der Waals surface area contributed by atoms with Crippen molar-refractivity contribution in [2.24, 2.45) is 11.8 Å². The van der Waals surface area contributed by atoms with E-state index in [0.717, 1.165) is 29.7 Å². The first-order chi connectivity index (χ1) is 10.5. The largest absolute Gasteiger partial charge is 0.481 e. The number of anilines is 1. The molecule has 1 aliphatic carbocycles. The number of carboxylic acids is 1. The fraction of sp³-hybridized carbons (Fsp3) is 0.562. The number of carbonyl (C=O) groups is 2. The number of carbonyl (C=O) groups excluding carboxylic acids is 1. The van der Waals surface area contributed by atoms with Gasteiger partial charge in [0.05, 0.1) is 17.4 Å². The smallest absolute Gasteiger partial charge is 0.307 e. The van der Waals surface area contributed by atoms with E-state index in [0.29, 0.717) is 23.4 Å². The second-order valence-corrected chi connectivity index (χ2v) is 6.86. The summed E-state index contributed by atoms with van der Waals surface area (Å²) in [6, 6.07) is 2.16. The molecular formula is C16H20N2O3S. The molecule has 1 saturated carbocycles. The predicted molar refractivity (Wildman–Crippen MR) is 84.9 cm³/mol. The maximum atomic E-state index is 12.5. The summed E-state index contributed by atoms with van der Waals surface area (Å²) in [5.41, 5.74) is 1.47. The molecule has 0 saturated heterocycles. The van der Waals surface area contributed by atoms with E-state index in [2.05, 4.69) is 11.4 Å². The van der Waals surface area contributed by atoms with Gasteiger partial charge in [-0.25, -0.2) is 0 Å². The molecule has 0 bridgehead atoms. The number of thiophene rings is 1. The van der Waals surface area contributed by atoms with Gasteiger partial charge in [0.15, 0.2) is 0 Å². The van der Waals surface area contributed by atoms with E-state index in [9.17, 15) is 20.0 Å². The van der Waals surface area contributed by atoms with Crippen LogP contribution in [0.15, 0.2) is 0 Å². The SMILES string of the molecule is CCc1c(C)sc(NC(=O)[C@H]2CCCC[C@H]2C(=O)O)c1C#N. The molecule has 1 heterocycles. The number of aliphatic carboxylic acids is 1. The average molecular weight is 320 g/mol. The Morgan fingerprint density at radius 1 is 1.36 bits per heavy atom. The van der Waals surface area contributed by atoms with Gasteiger partial charge in [-0.2, -0.15) is 5.26 Å². The molecule has 0 radical (unpaired) electrons. The highest BCUT2D eigenvalue weighted by molar-refractivity contribution is 7.16. The minimum atomic E-state index is -0.906. The summed E-state index contributed by atoms with van der Waals surface area (Å²) in [6.45, 7) is 3.91. The molecule has 2 N–H and O–H groups in total. The Labute approximate surface area is 134 Å². The van der Waals surface area contributed by atoms with Crippen LogP contribution in [-0.2, 0) is 16.0 Å². The molecule has 0 aromatic carbocycles. The number of amides is 1. The third-order valence-electron chi connectivity index (χ3n) is 4.33. The van der Waals surface area contributed by atoms with E-state index < -0.39 is 17.8 Å². The maximum Gasteiger partial charge on any atom is 0.307 e. The first-order valence-corrected chi connectivity index (χ1v) is 8.37. The van der Waals surface area contributed by atoms with Crippen molar-refractivity contribution in [2.45, 2.75) is 46.0 Å². The topological polar surface area (TPSA) is 90.2 Å². The summed E-state index contributed by atoms with van der Waals surface area (Å²) >= 11 is 1.39. The van der Waals surface area contributed by atoms with Crippen LogP contribution in [0.5, 0.6) is 0 Å². The van der Waals surface area contributed by atoms with Crippen LogP contribution in [0.4, 0.5) is 5.00 Å². The van der Waals surface area contributed by atoms with Gasteiger partial charge in [-0.1, -0.05) is 19.8 Å². The number of nitrogens with one attached hydrogen (secondary N) is 1. The molecule has 0 spiro atoms. The number of hydrogen-bond donors (Lipinski definition) is 2. The summed E-state index contributed by atoms with van der Waals surface area (Å²) in [5.74, 6) is -2.30. The van der Waals surface area contributed by atoms with Crippen molar-refractivity contribution in [1.29, 1.82) is 5.26 Å². The molecule has 1 fully saturated rings. The minimum Gasteiger partial charge on any atom is -0.481 e. The highest BCUT2D eigenvalue weighted by Gasteiger charge is 2.36. The Kier molecular flexibility index (Phi) is 5.19. The third-order valence-corrected chi connectivity index (χ3v) is 5.39. The first-order valence-electron chi connectivity index (χ1n) is 7.55. The number of rotatable bonds is 4. The summed E-state index contributed by atoms with van der Waals surface area (Å²) < 4.78 is 0.